The Bertz CT molecular complexity index is 176. The third-order valence-electron chi connectivity index (χ3n) is 2.85. The highest BCUT2D eigenvalue weighted by molar-refractivity contribution is 7.99. The highest BCUT2D eigenvalue weighted by Gasteiger charge is 2.27. The number of halogens is 3. The fourth-order valence-corrected chi connectivity index (χ4v) is 2.66. The molecular formula is C10H18F3NS. The summed E-state index contributed by atoms with van der Waals surface area (Å²) in [7, 11) is 0. The summed E-state index contributed by atoms with van der Waals surface area (Å²) < 4.78 is 35.6. The van der Waals surface area contributed by atoms with E-state index >= 15 is 0 Å². The lowest BCUT2D eigenvalue weighted by Gasteiger charge is -2.28. The molecule has 1 N–H and O–H groups in total. The molecule has 0 bridgehead atoms. The van der Waals surface area contributed by atoms with Gasteiger partial charge in [-0.3, -0.25) is 0 Å². The first-order valence-corrected chi connectivity index (χ1v) is 6.63. The zero-order chi connectivity index (χ0) is 11.3. The fourth-order valence-electron chi connectivity index (χ4n) is 1.92. The number of rotatable bonds is 4. The Hall–Kier alpha value is 0.100. The molecule has 1 aliphatic rings. The summed E-state index contributed by atoms with van der Waals surface area (Å²) in [6, 6.07) is 0.302. The first-order valence-electron chi connectivity index (χ1n) is 5.34. The Morgan fingerprint density at radius 3 is 2.27 bits per heavy atom. The predicted octanol–water partition coefficient (Wildman–Crippen LogP) is 3.20. The van der Waals surface area contributed by atoms with Crippen LogP contribution in [0, 0.1) is 0 Å². The van der Waals surface area contributed by atoms with E-state index in [0.29, 0.717) is 11.3 Å². The van der Waals surface area contributed by atoms with Crippen LogP contribution in [0.2, 0.25) is 0 Å². The second-order valence-corrected chi connectivity index (χ2v) is 5.17. The van der Waals surface area contributed by atoms with E-state index in [0.717, 1.165) is 25.7 Å². The first kappa shape index (κ1) is 13.2. The van der Waals surface area contributed by atoms with Crippen molar-refractivity contribution >= 4 is 11.8 Å². The summed E-state index contributed by atoms with van der Waals surface area (Å²) >= 11 is 1.87. The van der Waals surface area contributed by atoms with Gasteiger partial charge >= 0.3 is 6.18 Å². The van der Waals surface area contributed by atoms with Crippen LogP contribution >= 0.6 is 11.8 Å². The van der Waals surface area contributed by atoms with Crippen LogP contribution in [0.15, 0.2) is 0 Å². The van der Waals surface area contributed by atoms with E-state index in [-0.39, 0.29) is 6.54 Å². The highest BCUT2D eigenvalue weighted by atomic mass is 32.2. The molecule has 1 rings (SSSR count). The van der Waals surface area contributed by atoms with Gasteiger partial charge in [0.2, 0.25) is 0 Å². The second-order valence-electron chi connectivity index (χ2n) is 4.03. The van der Waals surface area contributed by atoms with Gasteiger partial charge in [-0.15, -0.1) is 0 Å². The average Bonchev–Trinajstić information content (AvgIpc) is 2.17. The fraction of sp³-hybridized carbons (Fsp3) is 1.00. The summed E-state index contributed by atoms with van der Waals surface area (Å²) in [5.41, 5.74) is 0. The maximum absolute atomic E-state index is 11.9. The molecule has 0 spiro atoms. The lowest BCUT2D eigenvalue weighted by Crippen LogP contribution is -2.35. The van der Waals surface area contributed by atoms with Gasteiger partial charge in [-0.05, 0) is 31.9 Å². The maximum Gasteiger partial charge on any atom is 0.390 e. The molecule has 1 aliphatic carbocycles. The van der Waals surface area contributed by atoms with E-state index in [2.05, 4.69) is 11.6 Å². The summed E-state index contributed by atoms with van der Waals surface area (Å²) in [6.07, 6.45) is 1.66. The topological polar surface area (TPSA) is 12.0 Å². The van der Waals surface area contributed by atoms with Crippen molar-refractivity contribution < 1.29 is 13.2 Å². The standard InChI is InChI=1S/C10H18F3NS/c1-15-9-4-2-8(3-5-9)14-7-6-10(11,12)13/h8-9,14H,2-7H2,1H3. The summed E-state index contributed by atoms with van der Waals surface area (Å²) in [5.74, 6) is 0. The molecule has 1 fully saturated rings. The van der Waals surface area contributed by atoms with Crippen LogP contribution in [0.3, 0.4) is 0 Å². The maximum atomic E-state index is 11.9. The molecule has 0 aliphatic heterocycles. The van der Waals surface area contributed by atoms with Crippen molar-refractivity contribution in [2.75, 3.05) is 12.8 Å². The molecule has 0 heterocycles. The molecule has 1 saturated carbocycles. The molecule has 0 saturated heterocycles. The molecule has 0 aromatic carbocycles. The van der Waals surface area contributed by atoms with Crippen molar-refractivity contribution in [1.82, 2.24) is 5.32 Å². The van der Waals surface area contributed by atoms with Crippen molar-refractivity contribution in [3.8, 4) is 0 Å². The van der Waals surface area contributed by atoms with Gasteiger partial charge in [0.25, 0.3) is 0 Å². The predicted molar refractivity (Wildman–Crippen MR) is 58.2 cm³/mol. The minimum atomic E-state index is -4.02. The molecule has 0 atom stereocenters. The highest BCUT2D eigenvalue weighted by Crippen LogP contribution is 2.27. The lowest BCUT2D eigenvalue weighted by molar-refractivity contribution is -0.133. The molecule has 5 heteroatoms. The van der Waals surface area contributed by atoms with Gasteiger partial charge in [0, 0.05) is 17.8 Å². The van der Waals surface area contributed by atoms with E-state index < -0.39 is 12.6 Å². The van der Waals surface area contributed by atoms with Gasteiger partial charge in [0.15, 0.2) is 0 Å². The zero-order valence-electron chi connectivity index (χ0n) is 8.94. The van der Waals surface area contributed by atoms with Crippen LogP contribution < -0.4 is 5.32 Å². The van der Waals surface area contributed by atoms with Crippen molar-refractivity contribution in [3.05, 3.63) is 0 Å². The minimum absolute atomic E-state index is 0.0676. The quantitative estimate of drug-likeness (QED) is 0.811. The average molecular weight is 241 g/mol. The van der Waals surface area contributed by atoms with Gasteiger partial charge in [-0.2, -0.15) is 24.9 Å². The summed E-state index contributed by atoms with van der Waals surface area (Å²) in [4.78, 5) is 0. The first-order chi connectivity index (χ1) is 7.01. The molecule has 0 amide bonds. The molecule has 15 heavy (non-hydrogen) atoms. The summed E-state index contributed by atoms with van der Waals surface area (Å²) in [6.45, 7) is 0.0676. The number of thioether (sulfide) groups is 1. The van der Waals surface area contributed by atoms with Crippen LogP contribution in [0.1, 0.15) is 32.1 Å². The smallest absolute Gasteiger partial charge is 0.314 e. The Labute approximate surface area is 93.2 Å². The van der Waals surface area contributed by atoms with E-state index in [4.69, 9.17) is 0 Å². The third-order valence-corrected chi connectivity index (χ3v) is 3.99. The van der Waals surface area contributed by atoms with Gasteiger partial charge in [-0.1, -0.05) is 0 Å². The third kappa shape index (κ3) is 5.66. The Morgan fingerprint density at radius 1 is 1.20 bits per heavy atom. The van der Waals surface area contributed by atoms with Crippen LogP contribution in [0.5, 0.6) is 0 Å². The van der Waals surface area contributed by atoms with Crippen molar-refractivity contribution in [2.24, 2.45) is 0 Å². The van der Waals surface area contributed by atoms with Crippen molar-refractivity contribution in [3.63, 3.8) is 0 Å². The number of alkyl halides is 3. The van der Waals surface area contributed by atoms with E-state index in [1.807, 2.05) is 11.8 Å². The van der Waals surface area contributed by atoms with Gasteiger partial charge in [0.1, 0.15) is 0 Å². The molecule has 0 aromatic heterocycles. The van der Waals surface area contributed by atoms with Gasteiger partial charge in [-0.25, -0.2) is 0 Å². The Balaban J connectivity index is 2.09. The van der Waals surface area contributed by atoms with Crippen molar-refractivity contribution in [1.29, 1.82) is 0 Å². The van der Waals surface area contributed by atoms with Gasteiger partial charge in [0.05, 0.1) is 6.42 Å². The molecule has 0 radical (unpaired) electrons. The Kier molecular flexibility index (Phi) is 5.26. The summed E-state index contributed by atoms with van der Waals surface area (Å²) in [5, 5.41) is 3.71. The van der Waals surface area contributed by atoms with E-state index in [9.17, 15) is 13.2 Å². The van der Waals surface area contributed by atoms with Crippen molar-refractivity contribution in [2.45, 2.75) is 49.6 Å². The minimum Gasteiger partial charge on any atom is -0.314 e. The van der Waals surface area contributed by atoms with E-state index in [1.165, 1.54) is 0 Å². The normalized spacial score (nSPS) is 28.0. The molecule has 0 aromatic rings. The SMILES string of the molecule is CSC1CCC(NCCC(F)(F)F)CC1. The number of hydrogen-bond acceptors (Lipinski definition) is 2. The molecule has 0 unspecified atom stereocenters. The lowest BCUT2D eigenvalue weighted by atomic mass is 9.95. The zero-order valence-corrected chi connectivity index (χ0v) is 9.76. The Morgan fingerprint density at radius 2 is 1.80 bits per heavy atom. The largest absolute Gasteiger partial charge is 0.390 e. The van der Waals surface area contributed by atoms with Crippen LogP contribution in [0.25, 0.3) is 0 Å². The van der Waals surface area contributed by atoms with Crippen LogP contribution in [0.4, 0.5) is 13.2 Å². The molecule has 90 valence electrons. The second kappa shape index (κ2) is 5.99. The number of nitrogens with one attached hydrogen (secondary N) is 1. The number of hydrogen-bond donors (Lipinski definition) is 1. The molecule has 1 nitrogen and oxygen atoms in total. The molecular weight excluding hydrogens is 223 g/mol. The van der Waals surface area contributed by atoms with Crippen LogP contribution in [-0.2, 0) is 0 Å². The monoisotopic (exact) mass is 241 g/mol. The van der Waals surface area contributed by atoms with Crippen LogP contribution in [-0.4, -0.2) is 30.3 Å². The van der Waals surface area contributed by atoms with E-state index in [1.54, 1.807) is 0 Å². The van der Waals surface area contributed by atoms with Gasteiger partial charge < -0.3 is 5.32 Å².